The highest BCUT2D eigenvalue weighted by atomic mass is 79.9. The molecule has 0 N–H and O–H groups in total. The van der Waals surface area contributed by atoms with Gasteiger partial charge in [-0.25, -0.2) is 13.6 Å². The van der Waals surface area contributed by atoms with Crippen LogP contribution in [0.4, 0.5) is 8.78 Å². The van der Waals surface area contributed by atoms with Gasteiger partial charge >= 0.3 is 5.97 Å². The Kier molecular flexibility index (Phi) is 4.41. The van der Waals surface area contributed by atoms with Crippen LogP contribution in [0.3, 0.4) is 0 Å². The van der Waals surface area contributed by atoms with Crippen LogP contribution in [-0.4, -0.2) is 18.4 Å². The average molecular weight is 293 g/mol. The lowest BCUT2D eigenvalue weighted by atomic mass is 9.99. The summed E-state index contributed by atoms with van der Waals surface area (Å²) in [5.41, 5.74) is 0.709. The molecule has 0 spiro atoms. The molecule has 1 aromatic rings. The average Bonchev–Trinajstić information content (AvgIpc) is 2.28. The zero-order valence-corrected chi connectivity index (χ0v) is 10.5. The Bertz CT molecular complexity index is 419. The molecule has 2 nitrogen and oxygen atoms in total. The molecular formula is C11H11BrF2O2. The van der Waals surface area contributed by atoms with Crippen molar-refractivity contribution in [1.29, 1.82) is 0 Å². The number of halogens is 3. The van der Waals surface area contributed by atoms with Crippen molar-refractivity contribution in [2.45, 2.75) is 13.3 Å². The molecule has 0 aliphatic heterocycles. The van der Waals surface area contributed by atoms with E-state index < -0.39 is 17.6 Å². The van der Waals surface area contributed by atoms with Gasteiger partial charge in [-0.1, -0.05) is 15.9 Å². The lowest BCUT2D eigenvalue weighted by molar-refractivity contribution is 0.0598. The van der Waals surface area contributed by atoms with Gasteiger partial charge in [-0.2, -0.15) is 0 Å². The summed E-state index contributed by atoms with van der Waals surface area (Å²) >= 11 is 3.20. The molecule has 0 amide bonds. The van der Waals surface area contributed by atoms with E-state index >= 15 is 0 Å². The maximum Gasteiger partial charge on any atom is 0.338 e. The van der Waals surface area contributed by atoms with Gasteiger partial charge in [0.05, 0.1) is 12.7 Å². The number of carbonyl (C=O) groups is 1. The fraction of sp³-hybridized carbons (Fsp3) is 0.364. The summed E-state index contributed by atoms with van der Waals surface area (Å²) in [6.07, 6.45) is 0.438. The standard InChI is InChI=1S/C11H11BrF2O2/c1-6-7(3-4-12)8(11(15)16-2)5-9(13)10(6)14/h5H,3-4H2,1-2H3. The zero-order valence-electron chi connectivity index (χ0n) is 8.94. The minimum absolute atomic E-state index is 0.0818. The molecule has 0 saturated heterocycles. The van der Waals surface area contributed by atoms with E-state index in [0.29, 0.717) is 17.3 Å². The molecule has 16 heavy (non-hydrogen) atoms. The van der Waals surface area contributed by atoms with Crippen molar-refractivity contribution >= 4 is 21.9 Å². The van der Waals surface area contributed by atoms with Crippen molar-refractivity contribution in [1.82, 2.24) is 0 Å². The third-order valence-corrected chi connectivity index (χ3v) is 2.73. The molecule has 0 radical (unpaired) electrons. The molecule has 1 rings (SSSR count). The highest BCUT2D eigenvalue weighted by Crippen LogP contribution is 2.22. The lowest BCUT2D eigenvalue weighted by Crippen LogP contribution is -2.10. The van der Waals surface area contributed by atoms with Gasteiger partial charge in [0.2, 0.25) is 0 Å². The minimum atomic E-state index is -1.03. The van der Waals surface area contributed by atoms with Gasteiger partial charge in [0.25, 0.3) is 0 Å². The Morgan fingerprint density at radius 1 is 1.50 bits per heavy atom. The van der Waals surface area contributed by atoms with E-state index in [1.54, 1.807) is 0 Å². The van der Waals surface area contributed by atoms with Crippen molar-refractivity contribution in [3.63, 3.8) is 0 Å². The molecule has 0 heterocycles. The van der Waals surface area contributed by atoms with Gasteiger partial charge in [0.15, 0.2) is 11.6 Å². The monoisotopic (exact) mass is 292 g/mol. The first-order chi connectivity index (χ1) is 7.52. The second-order valence-electron chi connectivity index (χ2n) is 3.25. The van der Waals surface area contributed by atoms with Crippen molar-refractivity contribution in [3.05, 3.63) is 34.4 Å². The van der Waals surface area contributed by atoms with Crippen LogP contribution in [0, 0.1) is 18.6 Å². The number of carbonyl (C=O) groups excluding carboxylic acids is 1. The normalized spacial score (nSPS) is 10.3. The number of alkyl halides is 1. The number of esters is 1. The molecule has 0 aliphatic rings. The summed E-state index contributed by atoms with van der Waals surface area (Å²) in [7, 11) is 1.21. The van der Waals surface area contributed by atoms with Crippen LogP contribution >= 0.6 is 15.9 Å². The summed E-state index contributed by atoms with van der Waals surface area (Å²) in [5.74, 6) is -2.60. The van der Waals surface area contributed by atoms with Crippen molar-refractivity contribution in [3.8, 4) is 0 Å². The number of ether oxygens (including phenoxy) is 1. The Morgan fingerprint density at radius 3 is 2.62 bits per heavy atom. The van der Waals surface area contributed by atoms with Gasteiger partial charge in [-0.15, -0.1) is 0 Å². The lowest BCUT2D eigenvalue weighted by Gasteiger charge is -2.11. The molecule has 0 atom stereocenters. The number of rotatable bonds is 3. The van der Waals surface area contributed by atoms with Crippen LogP contribution in [0.2, 0.25) is 0 Å². The molecule has 5 heteroatoms. The first-order valence-electron chi connectivity index (χ1n) is 4.64. The van der Waals surface area contributed by atoms with Crippen LogP contribution in [0.5, 0.6) is 0 Å². The summed E-state index contributed by atoms with van der Waals surface area (Å²) in [6, 6.07) is 0.881. The SMILES string of the molecule is COC(=O)c1cc(F)c(F)c(C)c1CCBr. The van der Waals surface area contributed by atoms with Gasteiger partial charge in [-0.05, 0) is 30.5 Å². The van der Waals surface area contributed by atoms with E-state index in [4.69, 9.17) is 0 Å². The first kappa shape index (κ1) is 13.1. The minimum Gasteiger partial charge on any atom is -0.465 e. The third-order valence-electron chi connectivity index (χ3n) is 2.34. The Balaban J connectivity index is 3.40. The van der Waals surface area contributed by atoms with E-state index in [-0.39, 0.29) is 11.1 Å². The number of methoxy groups -OCH3 is 1. The summed E-state index contributed by atoms with van der Waals surface area (Å²) in [4.78, 5) is 11.4. The second-order valence-corrected chi connectivity index (χ2v) is 4.05. The topological polar surface area (TPSA) is 26.3 Å². The molecule has 0 aromatic heterocycles. The van der Waals surface area contributed by atoms with Crippen LogP contribution in [0.1, 0.15) is 21.5 Å². The smallest absolute Gasteiger partial charge is 0.338 e. The summed E-state index contributed by atoms with van der Waals surface area (Å²) in [6.45, 7) is 1.45. The van der Waals surface area contributed by atoms with Gasteiger partial charge in [0, 0.05) is 5.33 Å². The second kappa shape index (κ2) is 5.39. The Labute approximate surface area is 101 Å². The van der Waals surface area contributed by atoms with Crippen molar-refractivity contribution in [2.24, 2.45) is 0 Å². The summed E-state index contributed by atoms with van der Waals surface area (Å²) in [5, 5.41) is 0.558. The van der Waals surface area contributed by atoms with E-state index in [0.717, 1.165) is 6.07 Å². The maximum absolute atomic E-state index is 13.3. The zero-order chi connectivity index (χ0) is 12.3. The maximum atomic E-state index is 13.3. The molecule has 0 aliphatic carbocycles. The van der Waals surface area contributed by atoms with E-state index in [1.807, 2.05) is 0 Å². The number of hydrogen-bond acceptors (Lipinski definition) is 2. The first-order valence-corrected chi connectivity index (χ1v) is 5.76. The van der Waals surface area contributed by atoms with Crippen molar-refractivity contribution < 1.29 is 18.3 Å². The van der Waals surface area contributed by atoms with Gasteiger partial charge < -0.3 is 4.74 Å². The molecule has 1 aromatic carbocycles. The summed E-state index contributed by atoms with van der Waals surface area (Å²) < 4.78 is 31.0. The Hall–Kier alpha value is -0.970. The molecule has 0 saturated carbocycles. The fourth-order valence-electron chi connectivity index (χ4n) is 1.50. The van der Waals surface area contributed by atoms with Crippen molar-refractivity contribution in [2.75, 3.05) is 12.4 Å². The van der Waals surface area contributed by atoms with Gasteiger partial charge in [0.1, 0.15) is 0 Å². The third kappa shape index (κ3) is 2.40. The van der Waals surface area contributed by atoms with Crippen LogP contribution in [0.15, 0.2) is 6.07 Å². The molecular weight excluding hydrogens is 282 g/mol. The Morgan fingerprint density at radius 2 is 2.12 bits per heavy atom. The van der Waals surface area contributed by atoms with Crippen LogP contribution in [0.25, 0.3) is 0 Å². The molecule has 0 bridgehead atoms. The van der Waals surface area contributed by atoms with E-state index in [2.05, 4.69) is 20.7 Å². The number of benzene rings is 1. The van der Waals surface area contributed by atoms with E-state index in [1.165, 1.54) is 14.0 Å². The predicted octanol–water partition coefficient (Wildman–Crippen LogP) is 3.00. The highest BCUT2D eigenvalue weighted by Gasteiger charge is 2.19. The van der Waals surface area contributed by atoms with E-state index in [9.17, 15) is 13.6 Å². The predicted molar refractivity (Wildman–Crippen MR) is 59.9 cm³/mol. The van der Waals surface area contributed by atoms with Crippen LogP contribution in [-0.2, 0) is 11.2 Å². The molecule has 88 valence electrons. The molecule has 0 unspecified atom stereocenters. The van der Waals surface area contributed by atoms with Gasteiger partial charge in [-0.3, -0.25) is 0 Å². The quantitative estimate of drug-likeness (QED) is 0.632. The largest absolute Gasteiger partial charge is 0.465 e. The fourth-order valence-corrected chi connectivity index (χ4v) is 1.90. The molecule has 0 fully saturated rings. The van der Waals surface area contributed by atoms with Crippen LogP contribution < -0.4 is 0 Å². The highest BCUT2D eigenvalue weighted by molar-refractivity contribution is 9.09. The number of hydrogen-bond donors (Lipinski definition) is 0.